The van der Waals surface area contributed by atoms with Crippen LogP contribution < -0.4 is 28.7 Å². The molecule has 4 nitrogen and oxygen atoms in total. The predicted octanol–water partition coefficient (Wildman–Crippen LogP) is 1.21. The summed E-state index contributed by atoms with van der Waals surface area (Å²) < 4.78 is 12.3. The Bertz CT molecular complexity index is 912. The van der Waals surface area contributed by atoms with Gasteiger partial charge in [0.15, 0.2) is 5.71 Å². The zero-order chi connectivity index (χ0) is 18.9. The highest BCUT2D eigenvalue weighted by Gasteiger charge is 2.43. The summed E-state index contributed by atoms with van der Waals surface area (Å²) in [5, 5.41) is 0. The van der Waals surface area contributed by atoms with Gasteiger partial charge in [0.05, 0.1) is 25.2 Å². The first-order valence-electron chi connectivity index (χ1n) is 8.54. The van der Waals surface area contributed by atoms with Gasteiger partial charge in [0.2, 0.25) is 5.69 Å². The van der Waals surface area contributed by atoms with Gasteiger partial charge in [-0.1, -0.05) is 12.1 Å². The summed E-state index contributed by atoms with van der Waals surface area (Å²) in [6.45, 7) is 4.43. The van der Waals surface area contributed by atoms with Gasteiger partial charge in [-0.05, 0) is 49.8 Å². The summed E-state index contributed by atoms with van der Waals surface area (Å²) in [5.74, 6) is 0.546. The van der Waals surface area contributed by atoms with Crippen LogP contribution in [0.4, 0.5) is 5.69 Å². The van der Waals surface area contributed by atoms with Crippen LogP contribution in [-0.4, -0.2) is 37.5 Å². The van der Waals surface area contributed by atoms with E-state index in [4.69, 9.17) is 9.47 Å². The summed E-state index contributed by atoms with van der Waals surface area (Å²) in [4.78, 5) is 11.5. The van der Waals surface area contributed by atoms with E-state index in [0.717, 1.165) is 11.3 Å². The number of hydrogen-bond acceptors (Lipinski definition) is 3. The second-order valence-electron chi connectivity index (χ2n) is 6.90. The zero-order valence-corrected chi connectivity index (χ0v) is 18.4. The van der Waals surface area contributed by atoms with Crippen molar-refractivity contribution in [3.63, 3.8) is 0 Å². The lowest BCUT2D eigenvalue weighted by atomic mass is 9.81. The molecular formula is C22H24INO3. The van der Waals surface area contributed by atoms with Crippen LogP contribution in [0.2, 0.25) is 0 Å². The Balaban J connectivity index is 0.00000261. The molecule has 27 heavy (non-hydrogen) atoms. The Morgan fingerprint density at radius 1 is 1.04 bits per heavy atom. The van der Waals surface area contributed by atoms with Gasteiger partial charge in [-0.25, -0.2) is 4.79 Å². The molecule has 0 spiro atoms. The number of fused-ring (bicyclic) bond motifs is 1. The largest absolute Gasteiger partial charge is 1.00 e. The van der Waals surface area contributed by atoms with Gasteiger partial charge in [0.25, 0.3) is 0 Å². The molecular weight excluding hydrogens is 453 g/mol. The molecule has 0 saturated carbocycles. The van der Waals surface area contributed by atoms with Gasteiger partial charge in [-0.2, -0.15) is 4.58 Å². The molecule has 5 heteroatoms. The van der Waals surface area contributed by atoms with E-state index >= 15 is 0 Å². The third-order valence-electron chi connectivity index (χ3n) is 5.01. The molecule has 2 aromatic rings. The van der Waals surface area contributed by atoms with Crippen LogP contribution in [0.3, 0.4) is 0 Å². The van der Waals surface area contributed by atoms with Gasteiger partial charge in [0, 0.05) is 17.7 Å². The van der Waals surface area contributed by atoms with Crippen molar-refractivity contribution in [3.8, 4) is 5.75 Å². The van der Waals surface area contributed by atoms with E-state index in [2.05, 4.69) is 49.8 Å². The highest BCUT2D eigenvalue weighted by atomic mass is 127. The summed E-state index contributed by atoms with van der Waals surface area (Å²) in [7, 11) is 5.16. The summed E-state index contributed by atoms with van der Waals surface area (Å²) in [6, 6.07) is 13.6. The number of ether oxygens (including phenoxy) is 2. The summed E-state index contributed by atoms with van der Waals surface area (Å²) in [6.07, 6.45) is 4.21. The van der Waals surface area contributed by atoms with Crippen molar-refractivity contribution in [1.82, 2.24) is 0 Å². The van der Waals surface area contributed by atoms with Gasteiger partial charge in [-0.15, -0.1) is 0 Å². The summed E-state index contributed by atoms with van der Waals surface area (Å²) >= 11 is 0. The molecule has 0 aromatic heterocycles. The predicted molar refractivity (Wildman–Crippen MR) is 104 cm³/mol. The smallest absolute Gasteiger partial charge is 0.337 e. The lowest BCUT2D eigenvalue weighted by molar-refractivity contribution is -0.401. The highest BCUT2D eigenvalue weighted by Crippen LogP contribution is 2.41. The fraction of sp³-hybridized carbons (Fsp3) is 0.273. The number of hydrogen-bond donors (Lipinski definition) is 0. The van der Waals surface area contributed by atoms with Crippen LogP contribution in [0.25, 0.3) is 6.08 Å². The molecule has 0 atom stereocenters. The van der Waals surface area contributed by atoms with Crippen LogP contribution in [0, 0.1) is 0 Å². The Hall–Kier alpha value is -2.15. The number of methoxy groups -OCH3 is 2. The van der Waals surface area contributed by atoms with Crippen LogP contribution in [0.1, 0.15) is 35.3 Å². The first-order valence-corrected chi connectivity index (χ1v) is 8.54. The molecule has 0 saturated heterocycles. The van der Waals surface area contributed by atoms with Crippen molar-refractivity contribution >= 4 is 23.4 Å². The van der Waals surface area contributed by atoms with E-state index in [0.29, 0.717) is 5.56 Å². The lowest BCUT2D eigenvalue weighted by Crippen LogP contribution is -3.00. The first kappa shape index (κ1) is 21.2. The molecule has 0 bridgehead atoms. The molecule has 1 heterocycles. The van der Waals surface area contributed by atoms with E-state index in [1.807, 2.05) is 18.2 Å². The molecule has 0 amide bonds. The number of carbonyl (C=O) groups is 1. The maximum Gasteiger partial charge on any atom is 0.337 e. The Labute approximate surface area is 177 Å². The zero-order valence-electron chi connectivity index (χ0n) is 16.2. The van der Waals surface area contributed by atoms with Gasteiger partial charge < -0.3 is 33.5 Å². The third-order valence-corrected chi connectivity index (χ3v) is 5.01. The maximum atomic E-state index is 11.5. The maximum absolute atomic E-state index is 11.5. The second-order valence-corrected chi connectivity index (χ2v) is 6.90. The monoisotopic (exact) mass is 477 g/mol. The van der Waals surface area contributed by atoms with Crippen LogP contribution >= 0.6 is 0 Å². The van der Waals surface area contributed by atoms with E-state index in [9.17, 15) is 4.79 Å². The van der Waals surface area contributed by atoms with E-state index in [-0.39, 0.29) is 35.4 Å². The molecule has 0 unspecified atom stereocenters. The van der Waals surface area contributed by atoms with Crippen molar-refractivity contribution in [2.24, 2.45) is 0 Å². The third kappa shape index (κ3) is 3.93. The average molecular weight is 477 g/mol. The van der Waals surface area contributed by atoms with Crippen molar-refractivity contribution in [1.29, 1.82) is 0 Å². The molecule has 0 fully saturated rings. The topological polar surface area (TPSA) is 38.5 Å². The molecule has 3 rings (SSSR count). The van der Waals surface area contributed by atoms with E-state index in [1.165, 1.54) is 24.1 Å². The number of carbonyl (C=O) groups excluding carboxylic acids is 1. The normalized spacial score (nSPS) is 14.7. The van der Waals surface area contributed by atoms with E-state index < -0.39 is 0 Å². The van der Waals surface area contributed by atoms with Crippen molar-refractivity contribution in [2.45, 2.75) is 19.3 Å². The Morgan fingerprint density at radius 3 is 2.30 bits per heavy atom. The van der Waals surface area contributed by atoms with Gasteiger partial charge in [-0.3, -0.25) is 0 Å². The number of halogens is 1. The lowest BCUT2D eigenvalue weighted by Gasteiger charge is -2.16. The fourth-order valence-electron chi connectivity index (χ4n) is 3.47. The minimum absolute atomic E-state index is 0. The number of benzene rings is 2. The van der Waals surface area contributed by atoms with Crippen molar-refractivity contribution in [3.05, 3.63) is 65.2 Å². The Morgan fingerprint density at radius 2 is 1.70 bits per heavy atom. The van der Waals surface area contributed by atoms with Gasteiger partial charge >= 0.3 is 5.97 Å². The molecule has 1 aliphatic rings. The second kappa shape index (κ2) is 8.25. The minimum atomic E-state index is -0.323. The molecule has 142 valence electrons. The average Bonchev–Trinajstić information content (AvgIpc) is 2.85. The molecule has 0 radical (unpaired) electrons. The summed E-state index contributed by atoms with van der Waals surface area (Å²) in [5.41, 5.74) is 5.11. The quantitative estimate of drug-likeness (QED) is 0.378. The highest BCUT2D eigenvalue weighted by molar-refractivity contribution is 6.05. The number of rotatable bonds is 4. The molecule has 2 aromatic carbocycles. The SMILES string of the molecule is COC(=O)c1ccc(C=CC2=[N+](C)c3ccc(OC)cc3C2(C)C)cc1.[I-]. The molecule has 0 N–H and O–H groups in total. The number of nitrogens with zero attached hydrogens (tertiary/aromatic N) is 1. The first-order chi connectivity index (χ1) is 12.4. The van der Waals surface area contributed by atoms with E-state index in [1.54, 1.807) is 19.2 Å². The minimum Gasteiger partial charge on any atom is -1.00 e. The fourth-order valence-corrected chi connectivity index (χ4v) is 3.47. The number of allylic oxidation sites excluding steroid dienone is 1. The van der Waals surface area contributed by atoms with Crippen molar-refractivity contribution in [2.75, 3.05) is 21.3 Å². The molecule has 0 aliphatic carbocycles. The molecule has 1 aliphatic heterocycles. The van der Waals surface area contributed by atoms with Crippen LogP contribution in [-0.2, 0) is 10.2 Å². The van der Waals surface area contributed by atoms with Crippen molar-refractivity contribution < 1.29 is 42.8 Å². The Kier molecular flexibility index (Phi) is 6.46. The van der Waals surface area contributed by atoms with Crippen LogP contribution in [0.5, 0.6) is 5.75 Å². The standard InChI is InChI=1S/C22H24NO3.HI/c1-22(2)18-14-17(25-4)11-12-19(18)23(3)20(22)13-8-15-6-9-16(10-7-15)21(24)26-5;/h6-14H,1-5H3;1H/q+1;/p-1. The van der Waals surface area contributed by atoms with Gasteiger partial charge in [0.1, 0.15) is 12.8 Å². The van der Waals surface area contributed by atoms with Crippen LogP contribution in [0.15, 0.2) is 48.5 Å². The number of esters is 1.